The summed E-state index contributed by atoms with van der Waals surface area (Å²) >= 11 is 0. The standard InChI is InChI=1S/C22H30N4O5S/c27-19(17-26-20(28)22(23-21(26)29)11-7-2-1-3-8-12-22)24-13-15-25(16-14-24)32(30,31)18-9-5-4-6-10-18/h4-6,9-10H,1-3,7-8,11-17H2,(H,23,29). The third-order valence-electron chi connectivity index (χ3n) is 6.72. The Balaban J connectivity index is 1.36. The van der Waals surface area contributed by atoms with Crippen LogP contribution in [0.2, 0.25) is 0 Å². The highest BCUT2D eigenvalue weighted by Gasteiger charge is 2.51. The second-order valence-corrected chi connectivity index (χ2v) is 10.7. The van der Waals surface area contributed by atoms with E-state index in [1.165, 1.54) is 9.21 Å². The second kappa shape index (κ2) is 9.19. The molecule has 4 amide bonds. The predicted molar refractivity (Wildman–Crippen MR) is 117 cm³/mol. The van der Waals surface area contributed by atoms with Crippen molar-refractivity contribution in [3.8, 4) is 0 Å². The number of carbonyl (C=O) groups is 3. The summed E-state index contributed by atoms with van der Waals surface area (Å²) in [7, 11) is -3.61. The van der Waals surface area contributed by atoms with Crippen LogP contribution in [0.5, 0.6) is 0 Å². The van der Waals surface area contributed by atoms with Gasteiger partial charge in [-0.1, -0.05) is 50.3 Å². The van der Waals surface area contributed by atoms with Crippen LogP contribution in [0.1, 0.15) is 44.9 Å². The lowest BCUT2D eigenvalue weighted by Crippen LogP contribution is -2.53. The van der Waals surface area contributed by atoms with Crippen LogP contribution in [0, 0.1) is 0 Å². The fraction of sp³-hybridized carbons (Fsp3) is 0.591. The topological polar surface area (TPSA) is 107 Å². The molecule has 0 unspecified atom stereocenters. The minimum atomic E-state index is -3.61. The number of hydrogen-bond acceptors (Lipinski definition) is 5. The summed E-state index contributed by atoms with van der Waals surface area (Å²) in [5, 5.41) is 2.87. The van der Waals surface area contributed by atoms with E-state index in [4.69, 9.17) is 0 Å². The van der Waals surface area contributed by atoms with Gasteiger partial charge in [-0.15, -0.1) is 0 Å². The highest BCUT2D eigenvalue weighted by molar-refractivity contribution is 7.89. The van der Waals surface area contributed by atoms with Crippen molar-refractivity contribution in [3.63, 3.8) is 0 Å². The number of carbonyl (C=O) groups excluding carboxylic acids is 3. The number of rotatable bonds is 4. The summed E-state index contributed by atoms with van der Waals surface area (Å²) in [6, 6.07) is 7.70. The van der Waals surface area contributed by atoms with E-state index in [-0.39, 0.29) is 49.4 Å². The first-order valence-electron chi connectivity index (χ1n) is 11.3. The average molecular weight is 463 g/mol. The smallest absolute Gasteiger partial charge is 0.325 e. The monoisotopic (exact) mass is 462 g/mol. The summed E-state index contributed by atoms with van der Waals surface area (Å²) in [6.07, 6.45) is 6.21. The Labute approximate surface area is 188 Å². The van der Waals surface area contributed by atoms with Crippen LogP contribution in [0.25, 0.3) is 0 Å². The molecule has 2 aliphatic heterocycles. The van der Waals surface area contributed by atoms with Crippen molar-refractivity contribution >= 4 is 27.9 Å². The van der Waals surface area contributed by atoms with E-state index in [0.717, 1.165) is 37.0 Å². The van der Waals surface area contributed by atoms with Crippen LogP contribution in [-0.2, 0) is 19.6 Å². The molecule has 1 aromatic carbocycles. The van der Waals surface area contributed by atoms with Gasteiger partial charge in [0, 0.05) is 26.2 Å². The van der Waals surface area contributed by atoms with Gasteiger partial charge in [0.05, 0.1) is 4.90 Å². The molecule has 2 saturated heterocycles. The van der Waals surface area contributed by atoms with Crippen molar-refractivity contribution in [2.24, 2.45) is 0 Å². The van der Waals surface area contributed by atoms with E-state index < -0.39 is 21.6 Å². The highest BCUT2D eigenvalue weighted by Crippen LogP contribution is 2.32. The van der Waals surface area contributed by atoms with Gasteiger partial charge < -0.3 is 10.2 Å². The number of benzene rings is 1. The molecular weight excluding hydrogens is 432 g/mol. The SMILES string of the molecule is O=C(CN1C(=O)NC2(CCCCCCC2)C1=O)N1CCN(S(=O)(=O)c2ccccc2)CC1. The molecule has 4 rings (SSSR count). The Morgan fingerprint density at radius 1 is 0.906 bits per heavy atom. The second-order valence-electron chi connectivity index (χ2n) is 8.77. The summed E-state index contributed by atoms with van der Waals surface area (Å²) in [5.74, 6) is -0.642. The van der Waals surface area contributed by atoms with Crippen LogP contribution in [-0.4, -0.2) is 78.6 Å². The minimum Gasteiger partial charge on any atom is -0.338 e. The van der Waals surface area contributed by atoms with Gasteiger partial charge in [-0.2, -0.15) is 4.31 Å². The van der Waals surface area contributed by atoms with Crippen molar-refractivity contribution in [3.05, 3.63) is 30.3 Å². The van der Waals surface area contributed by atoms with Crippen molar-refractivity contribution < 1.29 is 22.8 Å². The van der Waals surface area contributed by atoms with E-state index >= 15 is 0 Å². The Kier molecular flexibility index (Phi) is 6.52. The molecule has 0 aromatic heterocycles. The Bertz CT molecular complexity index is 965. The number of nitrogens with one attached hydrogen (secondary N) is 1. The number of nitrogens with zero attached hydrogens (tertiary/aromatic N) is 3. The number of hydrogen-bond donors (Lipinski definition) is 1. The molecule has 1 spiro atoms. The van der Waals surface area contributed by atoms with E-state index in [9.17, 15) is 22.8 Å². The maximum absolute atomic E-state index is 13.1. The van der Waals surface area contributed by atoms with Gasteiger partial charge >= 0.3 is 6.03 Å². The molecular formula is C22H30N4O5S. The third-order valence-corrected chi connectivity index (χ3v) is 8.63. The predicted octanol–water partition coefficient (Wildman–Crippen LogP) is 1.55. The van der Waals surface area contributed by atoms with E-state index in [0.29, 0.717) is 12.8 Å². The number of urea groups is 1. The van der Waals surface area contributed by atoms with Crippen molar-refractivity contribution in [1.82, 2.24) is 19.4 Å². The van der Waals surface area contributed by atoms with Crippen LogP contribution >= 0.6 is 0 Å². The van der Waals surface area contributed by atoms with Crippen molar-refractivity contribution in [1.29, 1.82) is 0 Å². The molecule has 0 bridgehead atoms. The van der Waals surface area contributed by atoms with Gasteiger partial charge in [-0.3, -0.25) is 14.5 Å². The zero-order valence-corrected chi connectivity index (χ0v) is 19.0. The molecule has 32 heavy (non-hydrogen) atoms. The molecule has 0 atom stereocenters. The highest BCUT2D eigenvalue weighted by atomic mass is 32.2. The molecule has 10 heteroatoms. The maximum Gasteiger partial charge on any atom is 0.325 e. The Morgan fingerprint density at radius 2 is 1.50 bits per heavy atom. The van der Waals surface area contributed by atoms with Crippen LogP contribution in [0.3, 0.4) is 0 Å². The molecule has 174 valence electrons. The molecule has 1 aliphatic carbocycles. The largest absolute Gasteiger partial charge is 0.338 e. The number of amides is 4. The molecule has 9 nitrogen and oxygen atoms in total. The fourth-order valence-corrected chi connectivity index (χ4v) is 6.27. The molecule has 0 radical (unpaired) electrons. The third kappa shape index (κ3) is 4.38. The normalized spacial score (nSPS) is 22.5. The first-order valence-corrected chi connectivity index (χ1v) is 12.7. The lowest BCUT2D eigenvalue weighted by molar-refractivity contribution is -0.140. The molecule has 1 aromatic rings. The zero-order valence-electron chi connectivity index (χ0n) is 18.2. The molecule has 3 fully saturated rings. The number of piperazine rings is 1. The maximum atomic E-state index is 13.1. The first kappa shape index (κ1) is 22.7. The Hall–Kier alpha value is -2.46. The van der Waals surface area contributed by atoms with Crippen molar-refractivity contribution in [2.75, 3.05) is 32.7 Å². The van der Waals surface area contributed by atoms with Crippen LogP contribution < -0.4 is 5.32 Å². The van der Waals surface area contributed by atoms with Gasteiger partial charge in [0.25, 0.3) is 5.91 Å². The number of imide groups is 1. The minimum absolute atomic E-state index is 0.174. The number of sulfonamides is 1. The van der Waals surface area contributed by atoms with Gasteiger partial charge in [0.15, 0.2) is 0 Å². The summed E-state index contributed by atoms with van der Waals surface area (Å²) in [5.41, 5.74) is -0.875. The lowest BCUT2D eigenvalue weighted by atomic mass is 9.84. The van der Waals surface area contributed by atoms with Gasteiger partial charge in [0.2, 0.25) is 15.9 Å². The van der Waals surface area contributed by atoms with Crippen molar-refractivity contribution in [2.45, 2.75) is 55.4 Å². The van der Waals surface area contributed by atoms with Crippen LogP contribution in [0.15, 0.2) is 35.2 Å². The first-order chi connectivity index (χ1) is 15.3. The summed E-state index contributed by atoms with van der Waals surface area (Å²) in [4.78, 5) is 41.3. The van der Waals surface area contributed by atoms with Gasteiger partial charge in [-0.05, 0) is 25.0 Å². The van der Waals surface area contributed by atoms with Crippen LogP contribution in [0.4, 0.5) is 4.79 Å². The summed E-state index contributed by atoms with van der Waals surface area (Å²) < 4.78 is 26.9. The van der Waals surface area contributed by atoms with E-state index in [1.807, 2.05) is 0 Å². The zero-order chi connectivity index (χ0) is 22.8. The lowest BCUT2D eigenvalue weighted by Gasteiger charge is -2.34. The molecule has 3 aliphatic rings. The van der Waals surface area contributed by atoms with E-state index in [1.54, 1.807) is 30.3 Å². The summed E-state index contributed by atoms with van der Waals surface area (Å²) in [6.45, 7) is 0.483. The quantitative estimate of drug-likeness (QED) is 0.684. The average Bonchev–Trinajstić information content (AvgIpc) is 3.02. The molecule has 1 N–H and O–H groups in total. The molecule has 2 heterocycles. The van der Waals surface area contributed by atoms with Gasteiger partial charge in [-0.25, -0.2) is 13.2 Å². The fourth-order valence-electron chi connectivity index (χ4n) is 4.82. The van der Waals surface area contributed by atoms with E-state index in [2.05, 4.69) is 5.32 Å². The Morgan fingerprint density at radius 3 is 2.12 bits per heavy atom. The van der Waals surface area contributed by atoms with Gasteiger partial charge in [0.1, 0.15) is 12.1 Å². The molecule has 1 saturated carbocycles.